The number of hydrogen-bond acceptors (Lipinski definition) is 5. The molecule has 0 saturated heterocycles. The van der Waals surface area contributed by atoms with Crippen LogP contribution in [0.1, 0.15) is 29.6 Å². The van der Waals surface area contributed by atoms with Gasteiger partial charge in [-0.1, -0.05) is 19.1 Å². The zero-order valence-electron chi connectivity index (χ0n) is 14.3. The quantitative estimate of drug-likeness (QED) is 0.663. The first-order chi connectivity index (χ1) is 11.9. The van der Waals surface area contributed by atoms with E-state index in [4.69, 9.17) is 9.84 Å². The summed E-state index contributed by atoms with van der Waals surface area (Å²) in [4.78, 5) is 29.8. The number of ether oxygens (including phenoxy) is 1. The minimum Gasteiger partial charge on any atom is -0.493 e. The zero-order valence-corrected chi connectivity index (χ0v) is 14.3. The topological polar surface area (TPSA) is 113 Å². The summed E-state index contributed by atoms with van der Waals surface area (Å²) >= 11 is 0. The Morgan fingerprint density at radius 2 is 2.00 bits per heavy atom. The number of aliphatic hydroxyl groups excluding tert-OH is 1. The van der Waals surface area contributed by atoms with Gasteiger partial charge in [-0.3, -0.25) is 4.79 Å². The summed E-state index contributed by atoms with van der Waals surface area (Å²) in [5.41, 5.74) is 1.89. The third-order valence-corrected chi connectivity index (χ3v) is 3.86. The molecule has 1 aromatic heterocycles. The number of H-pyrrole nitrogens is 1. The van der Waals surface area contributed by atoms with E-state index in [1.807, 2.05) is 13.8 Å². The number of rotatable bonds is 8. The van der Waals surface area contributed by atoms with Gasteiger partial charge in [0.25, 0.3) is 5.56 Å². The largest absolute Gasteiger partial charge is 0.493 e. The highest BCUT2D eigenvalue weighted by molar-refractivity contribution is 5.72. The van der Waals surface area contributed by atoms with Crippen molar-refractivity contribution in [3.8, 4) is 5.75 Å². The van der Waals surface area contributed by atoms with Crippen LogP contribution in [0.2, 0.25) is 0 Å². The average Bonchev–Trinajstić information content (AvgIpc) is 2.58. The molecule has 0 saturated carbocycles. The second-order valence-corrected chi connectivity index (χ2v) is 5.73. The highest BCUT2D eigenvalue weighted by Crippen LogP contribution is 2.14. The van der Waals surface area contributed by atoms with Crippen LogP contribution in [0, 0.1) is 6.92 Å². The van der Waals surface area contributed by atoms with Crippen molar-refractivity contribution in [3.63, 3.8) is 0 Å². The number of carboxylic acid groups (broad SMARTS) is 1. The van der Waals surface area contributed by atoms with Crippen LogP contribution >= 0.6 is 0 Å². The number of carboxylic acids is 1. The van der Waals surface area contributed by atoms with Gasteiger partial charge in [-0.25, -0.2) is 9.78 Å². The van der Waals surface area contributed by atoms with Gasteiger partial charge in [-0.15, -0.1) is 0 Å². The summed E-state index contributed by atoms with van der Waals surface area (Å²) in [6, 6.07) is 6.83. The average molecular weight is 346 g/mol. The van der Waals surface area contributed by atoms with Gasteiger partial charge in [0.05, 0.1) is 6.61 Å². The van der Waals surface area contributed by atoms with Crippen LogP contribution in [0.25, 0.3) is 0 Å². The van der Waals surface area contributed by atoms with Crippen molar-refractivity contribution in [2.45, 2.75) is 39.2 Å². The Morgan fingerprint density at radius 3 is 2.56 bits per heavy atom. The van der Waals surface area contributed by atoms with Crippen LogP contribution in [0.15, 0.2) is 29.1 Å². The molecule has 3 N–H and O–H groups in total. The Hall–Kier alpha value is -2.67. The number of aliphatic hydroxyl groups is 1. The molecule has 0 aliphatic heterocycles. The first-order valence-corrected chi connectivity index (χ1v) is 8.12. The molecule has 0 amide bonds. The van der Waals surface area contributed by atoms with Gasteiger partial charge >= 0.3 is 5.97 Å². The standard InChI is InChI=1S/C18H22N2O5/c1-3-16-19-11(2)14(17(22)20-16)8-9-25-13-6-4-12(5-7-13)10-15(21)18(23)24/h4-7,15,21H,3,8-10H2,1-2H3,(H,23,24)(H,19,20,22). The molecular formula is C18H22N2O5. The van der Waals surface area contributed by atoms with E-state index in [0.717, 1.165) is 0 Å². The summed E-state index contributed by atoms with van der Waals surface area (Å²) in [5.74, 6) is 0.0377. The second kappa shape index (κ2) is 8.43. The molecule has 0 aliphatic rings. The molecular weight excluding hydrogens is 324 g/mol. The SMILES string of the molecule is CCc1nc(C)c(CCOc2ccc(CC(O)C(=O)O)cc2)c(=O)[nH]1. The third kappa shape index (κ3) is 5.15. The minimum absolute atomic E-state index is 0.0413. The van der Waals surface area contributed by atoms with Gasteiger partial charge in [0.15, 0.2) is 6.10 Å². The fourth-order valence-corrected chi connectivity index (χ4v) is 2.43. The number of carbonyl (C=O) groups is 1. The van der Waals surface area contributed by atoms with Crippen molar-refractivity contribution in [1.82, 2.24) is 9.97 Å². The van der Waals surface area contributed by atoms with Crippen LogP contribution < -0.4 is 10.3 Å². The zero-order chi connectivity index (χ0) is 18.4. The second-order valence-electron chi connectivity index (χ2n) is 5.73. The Morgan fingerprint density at radius 1 is 1.32 bits per heavy atom. The molecule has 0 radical (unpaired) electrons. The predicted octanol–water partition coefficient (Wildman–Crippen LogP) is 1.25. The smallest absolute Gasteiger partial charge is 0.332 e. The summed E-state index contributed by atoms with van der Waals surface area (Å²) < 4.78 is 5.62. The van der Waals surface area contributed by atoms with Crippen molar-refractivity contribution in [3.05, 3.63) is 57.3 Å². The highest BCUT2D eigenvalue weighted by Gasteiger charge is 2.13. The maximum Gasteiger partial charge on any atom is 0.332 e. The predicted molar refractivity (Wildman–Crippen MR) is 92.0 cm³/mol. The van der Waals surface area contributed by atoms with Crippen molar-refractivity contribution >= 4 is 5.97 Å². The van der Waals surface area contributed by atoms with Crippen LogP contribution in [0.5, 0.6) is 5.75 Å². The number of nitrogens with one attached hydrogen (secondary N) is 1. The van der Waals surface area contributed by atoms with E-state index in [9.17, 15) is 14.7 Å². The monoisotopic (exact) mass is 346 g/mol. The van der Waals surface area contributed by atoms with E-state index in [1.54, 1.807) is 24.3 Å². The Kier molecular flexibility index (Phi) is 6.30. The van der Waals surface area contributed by atoms with E-state index in [2.05, 4.69) is 9.97 Å². The van der Waals surface area contributed by atoms with Crippen molar-refractivity contribution < 1.29 is 19.7 Å². The highest BCUT2D eigenvalue weighted by atomic mass is 16.5. The first-order valence-electron chi connectivity index (χ1n) is 8.12. The number of aryl methyl sites for hydroxylation is 2. The molecule has 2 rings (SSSR count). The number of aromatic nitrogens is 2. The van der Waals surface area contributed by atoms with Gasteiger partial charge in [-0.05, 0) is 24.6 Å². The van der Waals surface area contributed by atoms with Gasteiger partial charge in [0.1, 0.15) is 11.6 Å². The molecule has 7 heteroatoms. The molecule has 1 heterocycles. The van der Waals surface area contributed by atoms with E-state index < -0.39 is 12.1 Å². The lowest BCUT2D eigenvalue weighted by Crippen LogP contribution is -2.21. The van der Waals surface area contributed by atoms with Crippen LogP contribution in [0.3, 0.4) is 0 Å². The Bertz CT molecular complexity index is 783. The molecule has 1 aromatic carbocycles. The van der Waals surface area contributed by atoms with Crippen LogP contribution in [-0.4, -0.2) is 38.9 Å². The summed E-state index contributed by atoms with van der Waals surface area (Å²) in [6.45, 7) is 4.07. The number of nitrogens with zero attached hydrogens (tertiary/aromatic N) is 1. The Balaban J connectivity index is 1.92. The third-order valence-electron chi connectivity index (χ3n) is 3.86. The van der Waals surface area contributed by atoms with E-state index in [-0.39, 0.29) is 12.0 Å². The van der Waals surface area contributed by atoms with Crippen molar-refractivity contribution in [1.29, 1.82) is 0 Å². The summed E-state index contributed by atoms with van der Waals surface area (Å²) in [6.07, 6.45) is -0.257. The molecule has 134 valence electrons. The summed E-state index contributed by atoms with van der Waals surface area (Å²) in [5, 5.41) is 18.0. The maximum absolute atomic E-state index is 12.0. The van der Waals surface area contributed by atoms with Crippen LogP contribution in [-0.2, 0) is 24.1 Å². The summed E-state index contributed by atoms with van der Waals surface area (Å²) in [7, 11) is 0. The lowest BCUT2D eigenvalue weighted by molar-refractivity contribution is -0.146. The molecule has 0 aliphatic carbocycles. The van der Waals surface area contributed by atoms with Crippen LogP contribution in [0.4, 0.5) is 0 Å². The van der Waals surface area contributed by atoms with E-state index in [0.29, 0.717) is 47.8 Å². The molecule has 0 fully saturated rings. The normalized spacial score (nSPS) is 12.0. The maximum atomic E-state index is 12.0. The minimum atomic E-state index is -1.42. The Labute approximate surface area is 145 Å². The van der Waals surface area contributed by atoms with E-state index in [1.165, 1.54) is 0 Å². The number of aliphatic carboxylic acids is 1. The number of benzene rings is 1. The molecule has 0 bridgehead atoms. The van der Waals surface area contributed by atoms with Gasteiger partial charge in [0, 0.05) is 30.5 Å². The van der Waals surface area contributed by atoms with Crippen molar-refractivity contribution in [2.24, 2.45) is 0 Å². The van der Waals surface area contributed by atoms with Gasteiger partial charge < -0.3 is 19.9 Å². The van der Waals surface area contributed by atoms with Crippen molar-refractivity contribution in [2.75, 3.05) is 6.61 Å². The molecule has 1 unspecified atom stereocenters. The molecule has 0 spiro atoms. The molecule has 25 heavy (non-hydrogen) atoms. The number of aromatic amines is 1. The fourth-order valence-electron chi connectivity index (χ4n) is 2.43. The molecule has 2 aromatic rings. The first kappa shape index (κ1) is 18.7. The molecule has 1 atom stereocenters. The molecule has 7 nitrogen and oxygen atoms in total. The number of hydrogen-bond donors (Lipinski definition) is 3. The van der Waals surface area contributed by atoms with Gasteiger partial charge in [-0.2, -0.15) is 0 Å². The van der Waals surface area contributed by atoms with Gasteiger partial charge in [0.2, 0.25) is 0 Å². The van der Waals surface area contributed by atoms with E-state index >= 15 is 0 Å². The fraction of sp³-hybridized carbons (Fsp3) is 0.389. The lowest BCUT2D eigenvalue weighted by Gasteiger charge is -2.10. The lowest BCUT2D eigenvalue weighted by atomic mass is 10.1.